The minimum atomic E-state index is -0.923. The second kappa shape index (κ2) is 6.37. The van der Waals surface area contributed by atoms with Crippen LogP contribution in [0.2, 0.25) is 5.02 Å². The smallest absolute Gasteiger partial charge is 0.311 e. The van der Waals surface area contributed by atoms with Crippen molar-refractivity contribution in [1.82, 2.24) is 0 Å². The Morgan fingerprint density at radius 2 is 1.90 bits per heavy atom. The number of hydrogen-bond acceptors (Lipinski definition) is 1. The van der Waals surface area contributed by atoms with Gasteiger partial charge in [0.1, 0.15) is 5.82 Å². The van der Waals surface area contributed by atoms with Crippen LogP contribution >= 0.6 is 27.5 Å². The first kappa shape index (κ1) is 15.0. The summed E-state index contributed by atoms with van der Waals surface area (Å²) in [6, 6.07) is 11.4. The fourth-order valence-electron chi connectivity index (χ4n) is 1.95. The first-order valence-corrected chi connectivity index (χ1v) is 7.06. The zero-order valence-electron chi connectivity index (χ0n) is 10.3. The summed E-state index contributed by atoms with van der Waals surface area (Å²) in [5, 5.41) is 9.36. The predicted molar refractivity (Wildman–Crippen MR) is 79.6 cm³/mol. The van der Waals surface area contributed by atoms with Gasteiger partial charge < -0.3 is 5.11 Å². The van der Waals surface area contributed by atoms with E-state index >= 15 is 0 Å². The molecule has 0 aliphatic carbocycles. The number of rotatable bonds is 4. The standard InChI is InChI=1S/C15H11BrClFO2/c16-11-4-2-10(3-5-11)12(15(19)20)7-9-1-6-14(18)13(17)8-9/h1-6,8,12H,7H2,(H,19,20). The Balaban J connectivity index is 2.27. The molecule has 2 aromatic carbocycles. The summed E-state index contributed by atoms with van der Waals surface area (Å²) in [4.78, 5) is 11.4. The number of halogens is 3. The number of carboxylic acids is 1. The molecule has 0 aromatic heterocycles. The van der Waals surface area contributed by atoms with Gasteiger partial charge in [0.15, 0.2) is 0 Å². The summed E-state index contributed by atoms with van der Waals surface area (Å²) in [5.74, 6) is -2.12. The molecular weight excluding hydrogens is 347 g/mol. The van der Waals surface area contributed by atoms with Crippen molar-refractivity contribution in [2.45, 2.75) is 12.3 Å². The highest BCUT2D eigenvalue weighted by atomic mass is 79.9. The minimum Gasteiger partial charge on any atom is -0.481 e. The van der Waals surface area contributed by atoms with Gasteiger partial charge in [0.25, 0.3) is 0 Å². The van der Waals surface area contributed by atoms with Gasteiger partial charge in [-0.3, -0.25) is 4.79 Å². The number of benzene rings is 2. The van der Waals surface area contributed by atoms with E-state index in [1.165, 1.54) is 12.1 Å². The normalized spacial score (nSPS) is 12.2. The molecule has 20 heavy (non-hydrogen) atoms. The van der Waals surface area contributed by atoms with Crippen LogP contribution in [0.15, 0.2) is 46.9 Å². The molecule has 5 heteroatoms. The maximum absolute atomic E-state index is 13.1. The molecule has 0 fully saturated rings. The largest absolute Gasteiger partial charge is 0.481 e. The fourth-order valence-corrected chi connectivity index (χ4v) is 2.41. The van der Waals surface area contributed by atoms with E-state index in [0.29, 0.717) is 11.1 Å². The maximum atomic E-state index is 13.1. The molecule has 0 heterocycles. The average Bonchev–Trinajstić information content (AvgIpc) is 2.41. The summed E-state index contributed by atoms with van der Waals surface area (Å²) in [6.45, 7) is 0. The number of carbonyl (C=O) groups is 1. The van der Waals surface area contributed by atoms with E-state index in [-0.39, 0.29) is 11.4 Å². The molecular formula is C15H11BrClFO2. The number of aliphatic carboxylic acids is 1. The molecule has 0 bridgehead atoms. The molecule has 1 unspecified atom stereocenters. The van der Waals surface area contributed by atoms with Crippen LogP contribution in [-0.2, 0) is 11.2 Å². The predicted octanol–water partition coefficient (Wildman–Crippen LogP) is 4.65. The molecule has 0 radical (unpaired) electrons. The third-order valence-electron chi connectivity index (χ3n) is 2.99. The summed E-state index contributed by atoms with van der Waals surface area (Å²) in [5.41, 5.74) is 1.38. The Morgan fingerprint density at radius 1 is 1.25 bits per heavy atom. The molecule has 0 saturated heterocycles. The average molecular weight is 358 g/mol. The lowest BCUT2D eigenvalue weighted by Crippen LogP contribution is -2.14. The van der Waals surface area contributed by atoms with Crippen molar-refractivity contribution in [1.29, 1.82) is 0 Å². The molecule has 2 rings (SSSR count). The van der Waals surface area contributed by atoms with E-state index in [4.69, 9.17) is 11.6 Å². The number of carboxylic acid groups (broad SMARTS) is 1. The molecule has 104 valence electrons. The third-order valence-corrected chi connectivity index (χ3v) is 3.81. The van der Waals surface area contributed by atoms with Crippen LogP contribution in [-0.4, -0.2) is 11.1 Å². The molecule has 0 spiro atoms. The van der Waals surface area contributed by atoms with Gasteiger partial charge in [-0.05, 0) is 41.8 Å². The van der Waals surface area contributed by atoms with Crippen LogP contribution in [0, 0.1) is 5.82 Å². The van der Waals surface area contributed by atoms with Crippen LogP contribution in [0.25, 0.3) is 0 Å². The van der Waals surface area contributed by atoms with Gasteiger partial charge in [-0.2, -0.15) is 0 Å². The van der Waals surface area contributed by atoms with Crippen molar-refractivity contribution in [2.75, 3.05) is 0 Å². The lowest BCUT2D eigenvalue weighted by molar-refractivity contribution is -0.138. The van der Waals surface area contributed by atoms with E-state index < -0.39 is 17.7 Å². The van der Waals surface area contributed by atoms with Gasteiger partial charge in [0, 0.05) is 4.47 Å². The van der Waals surface area contributed by atoms with Crippen LogP contribution in [0.4, 0.5) is 4.39 Å². The SMILES string of the molecule is O=C(O)C(Cc1ccc(F)c(Cl)c1)c1ccc(Br)cc1. The van der Waals surface area contributed by atoms with E-state index in [0.717, 1.165) is 4.47 Å². The van der Waals surface area contributed by atoms with Crippen molar-refractivity contribution < 1.29 is 14.3 Å². The lowest BCUT2D eigenvalue weighted by atomic mass is 9.92. The molecule has 2 aromatic rings. The number of hydrogen-bond donors (Lipinski definition) is 1. The summed E-state index contributed by atoms with van der Waals surface area (Å²) < 4.78 is 14.0. The molecule has 0 aliphatic rings. The highest BCUT2D eigenvalue weighted by Gasteiger charge is 2.20. The zero-order valence-corrected chi connectivity index (χ0v) is 12.7. The van der Waals surface area contributed by atoms with E-state index in [2.05, 4.69) is 15.9 Å². The molecule has 0 amide bonds. The van der Waals surface area contributed by atoms with Crippen LogP contribution in [0.3, 0.4) is 0 Å². The molecule has 1 atom stereocenters. The molecule has 1 N–H and O–H groups in total. The fraction of sp³-hybridized carbons (Fsp3) is 0.133. The summed E-state index contributed by atoms with van der Waals surface area (Å²) in [6.07, 6.45) is 0.261. The zero-order chi connectivity index (χ0) is 14.7. The third kappa shape index (κ3) is 3.58. The van der Waals surface area contributed by atoms with Crippen LogP contribution in [0.5, 0.6) is 0 Å². The van der Waals surface area contributed by atoms with Crippen LogP contribution < -0.4 is 0 Å². The summed E-state index contributed by atoms with van der Waals surface area (Å²) >= 11 is 9.02. The Kier molecular flexibility index (Phi) is 4.78. The Hall–Kier alpha value is -1.39. The molecule has 0 aliphatic heterocycles. The van der Waals surface area contributed by atoms with Gasteiger partial charge in [-0.25, -0.2) is 4.39 Å². The highest BCUT2D eigenvalue weighted by molar-refractivity contribution is 9.10. The highest BCUT2D eigenvalue weighted by Crippen LogP contribution is 2.25. The van der Waals surface area contributed by atoms with Gasteiger partial charge >= 0.3 is 5.97 Å². The second-order valence-electron chi connectivity index (χ2n) is 4.39. The van der Waals surface area contributed by atoms with Gasteiger partial charge in [0.2, 0.25) is 0 Å². The maximum Gasteiger partial charge on any atom is 0.311 e. The van der Waals surface area contributed by atoms with Crippen molar-refractivity contribution in [2.24, 2.45) is 0 Å². The Morgan fingerprint density at radius 3 is 2.45 bits per heavy atom. The quantitative estimate of drug-likeness (QED) is 0.864. The van der Waals surface area contributed by atoms with E-state index in [1.54, 1.807) is 30.3 Å². The second-order valence-corrected chi connectivity index (χ2v) is 5.72. The van der Waals surface area contributed by atoms with Crippen molar-refractivity contribution in [3.8, 4) is 0 Å². The topological polar surface area (TPSA) is 37.3 Å². The first-order chi connectivity index (χ1) is 9.47. The van der Waals surface area contributed by atoms with Crippen molar-refractivity contribution in [3.63, 3.8) is 0 Å². The van der Waals surface area contributed by atoms with Crippen molar-refractivity contribution in [3.05, 3.63) is 68.9 Å². The van der Waals surface area contributed by atoms with Gasteiger partial charge in [0.05, 0.1) is 10.9 Å². The van der Waals surface area contributed by atoms with E-state index in [1.807, 2.05) is 0 Å². The minimum absolute atomic E-state index is 0.00226. The first-order valence-electron chi connectivity index (χ1n) is 5.89. The monoisotopic (exact) mass is 356 g/mol. The van der Waals surface area contributed by atoms with Gasteiger partial charge in [-0.1, -0.05) is 45.7 Å². The molecule has 2 nitrogen and oxygen atoms in total. The van der Waals surface area contributed by atoms with Gasteiger partial charge in [-0.15, -0.1) is 0 Å². The van der Waals surface area contributed by atoms with Crippen LogP contribution in [0.1, 0.15) is 17.0 Å². The lowest BCUT2D eigenvalue weighted by Gasteiger charge is -2.13. The summed E-state index contributed by atoms with van der Waals surface area (Å²) in [7, 11) is 0. The Labute approximate surface area is 129 Å². The van der Waals surface area contributed by atoms with Crippen molar-refractivity contribution >= 4 is 33.5 Å². The van der Waals surface area contributed by atoms with E-state index in [9.17, 15) is 14.3 Å². The Bertz CT molecular complexity index is 628. The molecule has 0 saturated carbocycles.